The lowest BCUT2D eigenvalue weighted by Gasteiger charge is -2.12. The monoisotopic (exact) mass is 509 g/mol. The van der Waals surface area contributed by atoms with Crippen LogP contribution in [0.2, 0.25) is 5.02 Å². The molecule has 0 aliphatic rings. The molecule has 2 aromatic heterocycles. The van der Waals surface area contributed by atoms with Gasteiger partial charge in [-0.1, -0.05) is 23.4 Å². The minimum Gasteiger partial charge on any atom is -0.480 e. The second-order valence-electron chi connectivity index (χ2n) is 6.82. The predicted octanol–water partition coefficient (Wildman–Crippen LogP) is 2.81. The summed E-state index contributed by atoms with van der Waals surface area (Å²) in [6.45, 7) is 1.60. The zero-order valence-electron chi connectivity index (χ0n) is 17.8. The molecular formula is C21H18ClF2N5O4S. The minimum absolute atomic E-state index is 0.0153. The first-order valence-electron chi connectivity index (χ1n) is 9.56. The van der Waals surface area contributed by atoms with Gasteiger partial charge in [-0.2, -0.15) is 0 Å². The summed E-state index contributed by atoms with van der Waals surface area (Å²) in [5.41, 5.74) is -0.948. The summed E-state index contributed by atoms with van der Waals surface area (Å²) in [5, 5.41) is 11.9. The number of nitrogens with zero attached hydrogens (tertiary/aromatic N) is 3. The molecule has 0 unspecified atom stereocenters. The van der Waals surface area contributed by atoms with Gasteiger partial charge >= 0.3 is 0 Å². The van der Waals surface area contributed by atoms with Gasteiger partial charge in [-0.3, -0.25) is 4.72 Å². The number of benzene rings is 1. The smallest absolute Gasteiger partial charge is 0.267 e. The molecule has 0 aliphatic heterocycles. The van der Waals surface area contributed by atoms with Gasteiger partial charge in [-0.15, -0.1) is 0 Å². The van der Waals surface area contributed by atoms with E-state index in [1.165, 1.54) is 25.7 Å². The number of sulfonamides is 1. The Balaban J connectivity index is 1.90. The van der Waals surface area contributed by atoms with E-state index in [4.69, 9.17) is 21.4 Å². The van der Waals surface area contributed by atoms with Crippen LogP contribution in [-0.2, 0) is 10.0 Å². The molecule has 178 valence electrons. The number of methoxy groups -OCH3 is 1. The summed E-state index contributed by atoms with van der Waals surface area (Å²) >= 11 is 5.82. The van der Waals surface area contributed by atoms with Crippen LogP contribution < -0.4 is 14.8 Å². The maximum atomic E-state index is 15.0. The molecule has 1 aromatic carbocycles. The summed E-state index contributed by atoms with van der Waals surface area (Å²) in [6, 6.07) is 2.61. The zero-order valence-corrected chi connectivity index (χ0v) is 19.4. The second kappa shape index (κ2) is 10.6. The largest absolute Gasteiger partial charge is 0.480 e. The number of hydrogen-bond donors (Lipinski definition) is 3. The van der Waals surface area contributed by atoms with Gasteiger partial charge in [0.05, 0.1) is 35.6 Å². The van der Waals surface area contributed by atoms with E-state index in [0.717, 1.165) is 18.2 Å². The van der Waals surface area contributed by atoms with Gasteiger partial charge in [0, 0.05) is 24.6 Å². The molecule has 0 spiro atoms. The molecule has 0 saturated carbocycles. The fourth-order valence-corrected chi connectivity index (χ4v) is 4.00. The van der Waals surface area contributed by atoms with Gasteiger partial charge in [-0.25, -0.2) is 32.2 Å². The Kier molecular flexibility index (Phi) is 7.83. The number of pyridine rings is 1. The highest BCUT2D eigenvalue weighted by Gasteiger charge is 2.24. The lowest BCUT2D eigenvalue weighted by atomic mass is 10.1. The Morgan fingerprint density at radius 1 is 1.18 bits per heavy atom. The summed E-state index contributed by atoms with van der Waals surface area (Å²) < 4.78 is 61.8. The van der Waals surface area contributed by atoms with Gasteiger partial charge in [-0.05, 0) is 25.1 Å². The number of aromatic nitrogens is 3. The number of anilines is 2. The summed E-state index contributed by atoms with van der Waals surface area (Å²) in [7, 11) is -3.18. The first kappa shape index (κ1) is 25.1. The molecule has 3 rings (SSSR count). The van der Waals surface area contributed by atoms with E-state index in [2.05, 4.69) is 32.1 Å². The molecular weight excluding hydrogens is 492 g/mol. The van der Waals surface area contributed by atoms with E-state index in [0.29, 0.717) is 0 Å². The van der Waals surface area contributed by atoms with Crippen molar-refractivity contribution < 1.29 is 27.0 Å². The first-order valence-corrected chi connectivity index (χ1v) is 11.4. The van der Waals surface area contributed by atoms with Gasteiger partial charge < -0.3 is 15.2 Å². The van der Waals surface area contributed by atoms with Crippen LogP contribution in [0.1, 0.15) is 18.1 Å². The average Bonchev–Trinajstić information content (AvgIpc) is 2.81. The molecule has 13 heteroatoms. The molecule has 1 atom stereocenters. The third-order valence-electron chi connectivity index (χ3n) is 4.24. The van der Waals surface area contributed by atoms with Gasteiger partial charge in [0.25, 0.3) is 10.0 Å². The second-order valence-corrected chi connectivity index (χ2v) is 8.91. The third-order valence-corrected chi connectivity index (χ3v) is 5.80. The number of nitrogens with one attached hydrogen (secondary N) is 2. The SMILES string of the molecule is COc1ncc(Cl)cc1S(=O)(=O)Nc1ccc(F)c(C#Cc2cnc(N[C@H](C)CO)nc2)c1F. The van der Waals surface area contributed by atoms with E-state index in [9.17, 15) is 17.2 Å². The van der Waals surface area contributed by atoms with Crippen molar-refractivity contribution >= 4 is 33.3 Å². The number of aliphatic hydroxyl groups is 1. The molecule has 0 aliphatic carbocycles. The maximum Gasteiger partial charge on any atom is 0.267 e. The van der Waals surface area contributed by atoms with Crippen LogP contribution in [0.25, 0.3) is 0 Å². The topological polar surface area (TPSA) is 126 Å². The summed E-state index contributed by atoms with van der Waals surface area (Å²) in [4.78, 5) is 11.3. The maximum absolute atomic E-state index is 15.0. The molecule has 0 radical (unpaired) electrons. The number of halogens is 3. The van der Waals surface area contributed by atoms with Crippen LogP contribution in [0.3, 0.4) is 0 Å². The minimum atomic E-state index is -4.39. The Bertz CT molecular complexity index is 1360. The van der Waals surface area contributed by atoms with Gasteiger partial charge in [0.1, 0.15) is 5.82 Å². The molecule has 0 saturated heterocycles. The lowest BCUT2D eigenvalue weighted by Crippen LogP contribution is -2.20. The van der Waals surface area contributed by atoms with Crippen LogP contribution in [0.15, 0.2) is 41.7 Å². The molecule has 0 amide bonds. The Hall–Kier alpha value is -3.53. The lowest BCUT2D eigenvalue weighted by molar-refractivity contribution is 0.281. The van der Waals surface area contributed by atoms with Crippen molar-refractivity contribution in [2.24, 2.45) is 0 Å². The van der Waals surface area contributed by atoms with Crippen molar-refractivity contribution in [1.29, 1.82) is 0 Å². The van der Waals surface area contributed by atoms with Crippen LogP contribution in [0, 0.1) is 23.5 Å². The first-order chi connectivity index (χ1) is 16.1. The van der Waals surface area contributed by atoms with E-state index < -0.39 is 37.8 Å². The van der Waals surface area contributed by atoms with Crippen molar-refractivity contribution in [3.8, 4) is 17.7 Å². The van der Waals surface area contributed by atoms with E-state index >= 15 is 0 Å². The highest BCUT2D eigenvalue weighted by molar-refractivity contribution is 7.92. The van der Waals surface area contributed by atoms with Gasteiger partial charge in [0.15, 0.2) is 10.7 Å². The Morgan fingerprint density at radius 2 is 1.88 bits per heavy atom. The summed E-state index contributed by atoms with van der Waals surface area (Å²) in [5.74, 6) is 2.63. The highest BCUT2D eigenvalue weighted by Crippen LogP contribution is 2.28. The molecule has 0 bridgehead atoms. The van der Waals surface area contributed by atoms with Crippen molar-refractivity contribution in [2.45, 2.75) is 17.9 Å². The third kappa shape index (κ3) is 5.88. The molecule has 3 aromatic rings. The van der Waals surface area contributed by atoms with E-state index in [1.807, 2.05) is 4.72 Å². The van der Waals surface area contributed by atoms with Gasteiger partial charge in [0.2, 0.25) is 11.8 Å². The van der Waals surface area contributed by atoms with Crippen LogP contribution in [0.4, 0.5) is 20.4 Å². The highest BCUT2D eigenvalue weighted by atomic mass is 35.5. The normalized spacial score (nSPS) is 11.8. The Labute approximate surface area is 199 Å². The zero-order chi connectivity index (χ0) is 24.9. The standard InChI is InChI=1S/C21H18ClF2N5O4S/c1-12(11-30)28-21-26-8-13(9-27-21)3-4-15-16(23)5-6-17(19(15)24)29-34(31,32)18-7-14(22)10-25-20(18)33-2/h5-10,12,29-30H,11H2,1-2H3,(H,26,27,28)/t12-/m1/s1. The Morgan fingerprint density at radius 3 is 2.53 bits per heavy atom. The average molecular weight is 510 g/mol. The number of aliphatic hydroxyl groups excluding tert-OH is 1. The van der Waals surface area contributed by atoms with Crippen LogP contribution in [0.5, 0.6) is 5.88 Å². The van der Waals surface area contributed by atoms with Crippen molar-refractivity contribution in [3.05, 3.63) is 64.6 Å². The molecule has 0 fully saturated rings. The van der Waals surface area contributed by atoms with Crippen LogP contribution >= 0.6 is 11.6 Å². The molecule has 3 N–H and O–H groups in total. The van der Waals surface area contributed by atoms with Crippen molar-refractivity contribution in [1.82, 2.24) is 15.0 Å². The van der Waals surface area contributed by atoms with Crippen molar-refractivity contribution in [3.63, 3.8) is 0 Å². The van der Waals surface area contributed by atoms with Crippen molar-refractivity contribution in [2.75, 3.05) is 23.8 Å². The molecule has 2 heterocycles. The predicted molar refractivity (Wildman–Crippen MR) is 121 cm³/mol. The number of rotatable bonds is 7. The van der Waals surface area contributed by atoms with E-state index in [-0.39, 0.29) is 35.1 Å². The van der Waals surface area contributed by atoms with Crippen LogP contribution in [-0.4, -0.2) is 48.2 Å². The number of hydrogen-bond acceptors (Lipinski definition) is 8. The fraction of sp³-hybridized carbons (Fsp3) is 0.190. The quantitative estimate of drug-likeness (QED) is 0.415. The fourth-order valence-electron chi connectivity index (χ4n) is 2.57. The van der Waals surface area contributed by atoms with E-state index in [1.54, 1.807) is 6.92 Å². The molecule has 9 nitrogen and oxygen atoms in total. The number of ether oxygens (including phenoxy) is 1. The molecule has 34 heavy (non-hydrogen) atoms. The summed E-state index contributed by atoms with van der Waals surface area (Å²) in [6.07, 6.45) is 3.84.